The van der Waals surface area contributed by atoms with E-state index in [1.165, 1.54) is 18.9 Å². The molecule has 0 saturated heterocycles. The first-order chi connectivity index (χ1) is 15.1. The molecule has 0 atom stereocenters. The molecule has 1 aromatic heterocycles. The predicted octanol–water partition coefficient (Wildman–Crippen LogP) is 3.63. The molecule has 1 amide bonds. The number of carbonyl (C=O) groups excluding carboxylic acids is 1. The number of amides is 1. The Balaban J connectivity index is 1.50. The quantitative estimate of drug-likeness (QED) is 0.583. The second-order valence-electron chi connectivity index (χ2n) is 6.55. The molecule has 0 bridgehead atoms. The zero-order valence-corrected chi connectivity index (χ0v) is 17.7. The van der Waals surface area contributed by atoms with Crippen molar-refractivity contribution in [1.29, 1.82) is 5.26 Å². The minimum absolute atomic E-state index is 0.0894. The molecule has 1 aliphatic rings. The number of anilines is 1. The van der Waals surface area contributed by atoms with E-state index in [0.29, 0.717) is 58.0 Å². The predicted molar refractivity (Wildman–Crippen MR) is 116 cm³/mol. The van der Waals surface area contributed by atoms with Gasteiger partial charge in [0.05, 0.1) is 31.1 Å². The number of nitriles is 1. The summed E-state index contributed by atoms with van der Waals surface area (Å²) in [6, 6.07) is 12.6. The van der Waals surface area contributed by atoms with Crippen LogP contribution in [-0.2, 0) is 4.79 Å². The van der Waals surface area contributed by atoms with Crippen LogP contribution in [0, 0.1) is 11.3 Å². The van der Waals surface area contributed by atoms with E-state index >= 15 is 0 Å². The topological polar surface area (TPSA) is 103 Å². The second kappa shape index (κ2) is 9.02. The van der Waals surface area contributed by atoms with Crippen LogP contribution < -0.4 is 24.3 Å². The van der Waals surface area contributed by atoms with Crippen LogP contribution in [0.3, 0.4) is 0 Å². The number of benzene rings is 2. The van der Waals surface area contributed by atoms with Crippen molar-refractivity contribution in [3.8, 4) is 29.1 Å². The lowest BCUT2D eigenvalue weighted by atomic mass is 10.1. The fourth-order valence-corrected chi connectivity index (χ4v) is 3.89. The SMILES string of the molecule is COc1ccc(NC(=O)CSc2nc3cc4c(cc3cc2C#N)OCCO4)cc1OC. The first kappa shape index (κ1) is 20.6. The molecule has 31 heavy (non-hydrogen) atoms. The Morgan fingerprint density at radius 2 is 1.87 bits per heavy atom. The zero-order valence-electron chi connectivity index (χ0n) is 16.9. The number of thioether (sulfide) groups is 1. The molecule has 8 nitrogen and oxygen atoms in total. The normalized spacial score (nSPS) is 12.2. The van der Waals surface area contributed by atoms with Crippen molar-refractivity contribution in [2.45, 2.75) is 5.03 Å². The Labute approximate surface area is 183 Å². The highest BCUT2D eigenvalue weighted by molar-refractivity contribution is 8.00. The van der Waals surface area contributed by atoms with Gasteiger partial charge in [-0.1, -0.05) is 11.8 Å². The van der Waals surface area contributed by atoms with Gasteiger partial charge < -0.3 is 24.3 Å². The fourth-order valence-electron chi connectivity index (χ4n) is 3.13. The number of rotatable bonds is 6. The summed E-state index contributed by atoms with van der Waals surface area (Å²) < 4.78 is 21.7. The Kier molecular flexibility index (Phi) is 6.00. The number of methoxy groups -OCH3 is 2. The number of hydrogen-bond acceptors (Lipinski definition) is 8. The van der Waals surface area contributed by atoms with Gasteiger partial charge in [0.25, 0.3) is 0 Å². The summed E-state index contributed by atoms with van der Waals surface area (Å²) in [6.45, 7) is 0.965. The van der Waals surface area contributed by atoms with Gasteiger partial charge in [0.1, 0.15) is 24.3 Å². The highest BCUT2D eigenvalue weighted by Gasteiger charge is 2.16. The molecule has 158 valence electrons. The van der Waals surface area contributed by atoms with Crippen LogP contribution >= 0.6 is 11.8 Å². The lowest BCUT2D eigenvalue weighted by Crippen LogP contribution is -2.15. The third-order valence-electron chi connectivity index (χ3n) is 4.57. The van der Waals surface area contributed by atoms with Crippen LogP contribution in [0.25, 0.3) is 10.9 Å². The number of ether oxygens (including phenoxy) is 4. The van der Waals surface area contributed by atoms with E-state index in [1.807, 2.05) is 6.07 Å². The monoisotopic (exact) mass is 437 g/mol. The fraction of sp³-hybridized carbons (Fsp3) is 0.227. The maximum Gasteiger partial charge on any atom is 0.234 e. The van der Waals surface area contributed by atoms with Gasteiger partial charge in [-0.05, 0) is 24.3 Å². The Bertz CT molecular complexity index is 1190. The van der Waals surface area contributed by atoms with Crippen molar-refractivity contribution in [2.24, 2.45) is 0 Å². The smallest absolute Gasteiger partial charge is 0.234 e. The molecule has 4 rings (SSSR count). The third-order valence-corrected chi connectivity index (χ3v) is 5.56. The first-order valence-corrected chi connectivity index (χ1v) is 10.4. The van der Waals surface area contributed by atoms with E-state index in [9.17, 15) is 10.1 Å². The van der Waals surface area contributed by atoms with E-state index < -0.39 is 0 Å². The molecule has 3 aromatic rings. The van der Waals surface area contributed by atoms with Crippen molar-refractivity contribution >= 4 is 34.3 Å². The molecule has 0 spiro atoms. The molecule has 0 fully saturated rings. The number of pyridine rings is 1. The number of carbonyl (C=O) groups is 1. The van der Waals surface area contributed by atoms with Crippen molar-refractivity contribution in [2.75, 3.05) is 38.5 Å². The van der Waals surface area contributed by atoms with Gasteiger partial charge in [-0.25, -0.2) is 4.98 Å². The molecule has 2 heterocycles. The number of nitrogens with one attached hydrogen (secondary N) is 1. The minimum Gasteiger partial charge on any atom is -0.493 e. The van der Waals surface area contributed by atoms with E-state index in [-0.39, 0.29) is 11.7 Å². The summed E-state index contributed by atoms with van der Waals surface area (Å²) in [5.74, 6) is 2.21. The molecule has 1 aliphatic heterocycles. The van der Waals surface area contributed by atoms with Crippen molar-refractivity contribution in [3.63, 3.8) is 0 Å². The van der Waals surface area contributed by atoms with Crippen LogP contribution in [0.5, 0.6) is 23.0 Å². The highest BCUT2D eigenvalue weighted by Crippen LogP contribution is 2.36. The standard InChI is InChI=1S/C22H19N3O5S/c1-27-17-4-3-15(9-18(17)28-2)24-21(26)12-31-22-14(11-23)7-13-8-19-20(10-16(13)25-22)30-6-5-29-19/h3-4,7-10H,5-6,12H2,1-2H3,(H,24,26). The average molecular weight is 437 g/mol. The second-order valence-corrected chi connectivity index (χ2v) is 7.51. The van der Waals surface area contributed by atoms with Crippen LogP contribution in [0.4, 0.5) is 5.69 Å². The van der Waals surface area contributed by atoms with Crippen molar-refractivity contribution in [1.82, 2.24) is 4.98 Å². The largest absolute Gasteiger partial charge is 0.493 e. The van der Waals surface area contributed by atoms with Gasteiger partial charge >= 0.3 is 0 Å². The number of nitrogens with zero attached hydrogens (tertiary/aromatic N) is 2. The summed E-state index contributed by atoms with van der Waals surface area (Å²) in [5, 5.41) is 13.6. The molecule has 9 heteroatoms. The average Bonchev–Trinajstić information content (AvgIpc) is 2.80. The van der Waals surface area contributed by atoms with E-state index in [4.69, 9.17) is 18.9 Å². The molecule has 0 radical (unpaired) electrons. The lowest BCUT2D eigenvalue weighted by Gasteiger charge is -2.18. The van der Waals surface area contributed by atoms with E-state index in [1.54, 1.807) is 37.4 Å². The molecule has 0 aliphatic carbocycles. The first-order valence-electron chi connectivity index (χ1n) is 9.40. The minimum atomic E-state index is -0.231. The lowest BCUT2D eigenvalue weighted by molar-refractivity contribution is -0.113. The molecule has 0 saturated carbocycles. The maximum atomic E-state index is 12.4. The molecule has 0 unspecified atom stereocenters. The summed E-state index contributed by atoms with van der Waals surface area (Å²) in [6.07, 6.45) is 0. The summed E-state index contributed by atoms with van der Waals surface area (Å²) in [4.78, 5) is 17.0. The Morgan fingerprint density at radius 3 is 2.58 bits per heavy atom. The molecular formula is C22H19N3O5S. The van der Waals surface area contributed by atoms with Crippen LogP contribution in [0.2, 0.25) is 0 Å². The van der Waals surface area contributed by atoms with Gasteiger partial charge in [0, 0.05) is 23.2 Å². The molecular weight excluding hydrogens is 418 g/mol. The highest BCUT2D eigenvalue weighted by atomic mass is 32.2. The van der Waals surface area contributed by atoms with Gasteiger partial charge in [0.15, 0.2) is 23.0 Å². The Hall–Kier alpha value is -3.64. The number of hydrogen-bond donors (Lipinski definition) is 1. The molecule has 1 N–H and O–H groups in total. The Morgan fingerprint density at radius 1 is 1.13 bits per heavy atom. The maximum absolute atomic E-state index is 12.4. The summed E-state index contributed by atoms with van der Waals surface area (Å²) in [5.41, 5.74) is 1.65. The number of aromatic nitrogens is 1. The number of fused-ring (bicyclic) bond motifs is 2. The van der Waals surface area contributed by atoms with Crippen LogP contribution in [0.15, 0.2) is 41.4 Å². The summed E-state index contributed by atoms with van der Waals surface area (Å²) >= 11 is 1.20. The summed E-state index contributed by atoms with van der Waals surface area (Å²) in [7, 11) is 3.08. The van der Waals surface area contributed by atoms with Crippen molar-refractivity contribution < 1.29 is 23.7 Å². The third kappa shape index (κ3) is 4.44. The molecule has 2 aromatic carbocycles. The van der Waals surface area contributed by atoms with Crippen LogP contribution in [-0.4, -0.2) is 44.1 Å². The van der Waals surface area contributed by atoms with E-state index in [0.717, 1.165) is 5.39 Å². The van der Waals surface area contributed by atoms with Crippen molar-refractivity contribution in [3.05, 3.63) is 42.0 Å². The van der Waals surface area contributed by atoms with Crippen LogP contribution in [0.1, 0.15) is 5.56 Å². The van der Waals surface area contributed by atoms with Gasteiger partial charge in [-0.15, -0.1) is 0 Å². The zero-order chi connectivity index (χ0) is 21.8. The van der Waals surface area contributed by atoms with Gasteiger partial charge in [0.2, 0.25) is 5.91 Å². The van der Waals surface area contributed by atoms with Gasteiger partial charge in [-0.2, -0.15) is 5.26 Å². The van der Waals surface area contributed by atoms with E-state index in [2.05, 4.69) is 16.4 Å². The van der Waals surface area contributed by atoms with Gasteiger partial charge in [-0.3, -0.25) is 4.79 Å².